The van der Waals surface area contributed by atoms with E-state index in [1.807, 2.05) is 61.5 Å². The average Bonchev–Trinajstić information content (AvgIpc) is 2.67. The minimum Gasteiger partial charge on any atom is -0.350 e. The molecule has 0 spiro atoms. The van der Waals surface area contributed by atoms with Gasteiger partial charge >= 0.3 is 6.18 Å². The Labute approximate surface area is 161 Å². The Morgan fingerprint density at radius 1 is 0.964 bits per heavy atom. The maximum absolute atomic E-state index is 12.7. The predicted octanol–water partition coefficient (Wildman–Crippen LogP) is 4.89. The highest BCUT2D eigenvalue weighted by Crippen LogP contribution is 2.29. The van der Waals surface area contributed by atoms with Crippen LogP contribution in [0, 0.1) is 0 Å². The molecule has 0 aliphatic heterocycles. The van der Waals surface area contributed by atoms with Crippen molar-refractivity contribution < 1.29 is 18.0 Å². The van der Waals surface area contributed by atoms with Gasteiger partial charge in [-0.3, -0.25) is 4.79 Å². The number of amides is 1. The second-order valence-corrected chi connectivity index (χ2v) is 6.83. The van der Waals surface area contributed by atoms with Crippen molar-refractivity contribution in [2.45, 2.75) is 12.2 Å². The van der Waals surface area contributed by atoms with Crippen molar-refractivity contribution in [3.8, 4) is 0 Å². The summed E-state index contributed by atoms with van der Waals surface area (Å²) in [6.45, 7) is 0.334. The Kier molecular flexibility index (Phi) is 5.70. The zero-order valence-electron chi connectivity index (χ0n) is 15.6. The summed E-state index contributed by atoms with van der Waals surface area (Å²) in [5, 5.41) is 5.06. The van der Waals surface area contributed by atoms with Crippen LogP contribution in [-0.4, -0.2) is 31.4 Å². The number of carbonyl (C=O) groups is 1. The van der Waals surface area contributed by atoms with Crippen molar-refractivity contribution in [1.82, 2.24) is 10.2 Å². The normalized spacial score (nSPS) is 12.9. The summed E-state index contributed by atoms with van der Waals surface area (Å²) in [5.41, 5.74) is 0.505. The lowest BCUT2D eigenvalue weighted by Crippen LogP contribution is -2.34. The van der Waals surface area contributed by atoms with Gasteiger partial charge in [0.1, 0.15) is 0 Å². The minimum atomic E-state index is -4.42. The first-order valence-corrected chi connectivity index (χ1v) is 8.87. The third-order valence-electron chi connectivity index (χ3n) is 4.74. The second-order valence-electron chi connectivity index (χ2n) is 6.83. The molecular formula is C22H21F3N2O. The van der Waals surface area contributed by atoms with Crippen LogP contribution >= 0.6 is 0 Å². The highest BCUT2D eigenvalue weighted by atomic mass is 19.4. The van der Waals surface area contributed by atoms with Crippen LogP contribution in [0.25, 0.3) is 10.8 Å². The summed E-state index contributed by atoms with van der Waals surface area (Å²) in [6.07, 6.45) is -4.42. The van der Waals surface area contributed by atoms with Crippen LogP contribution in [0.1, 0.15) is 27.5 Å². The number of fused-ring (bicyclic) bond motifs is 1. The fourth-order valence-electron chi connectivity index (χ4n) is 3.21. The van der Waals surface area contributed by atoms with Crippen molar-refractivity contribution in [2.75, 3.05) is 20.6 Å². The first-order valence-electron chi connectivity index (χ1n) is 8.87. The highest BCUT2D eigenvalue weighted by molar-refractivity contribution is 5.94. The lowest BCUT2D eigenvalue weighted by atomic mass is 9.98. The van der Waals surface area contributed by atoms with Crippen LogP contribution in [0.15, 0.2) is 66.7 Å². The van der Waals surface area contributed by atoms with E-state index in [1.165, 1.54) is 12.1 Å². The molecule has 3 nitrogen and oxygen atoms in total. The smallest absolute Gasteiger partial charge is 0.350 e. The average molecular weight is 386 g/mol. The number of halogens is 3. The summed E-state index contributed by atoms with van der Waals surface area (Å²) in [5.74, 6) is -0.402. The van der Waals surface area contributed by atoms with Crippen LogP contribution in [0.3, 0.4) is 0 Å². The zero-order valence-corrected chi connectivity index (χ0v) is 15.6. The SMILES string of the molecule is CN(C)[C@@H](CNC(=O)c1ccc(C(F)(F)F)cc1)c1cccc2ccccc12. The first-order chi connectivity index (χ1) is 13.3. The molecular weight excluding hydrogens is 365 g/mol. The van der Waals surface area contributed by atoms with E-state index < -0.39 is 17.6 Å². The monoisotopic (exact) mass is 386 g/mol. The number of alkyl halides is 3. The van der Waals surface area contributed by atoms with Gasteiger partial charge in [-0.2, -0.15) is 13.2 Å². The molecule has 0 aromatic heterocycles. The van der Waals surface area contributed by atoms with Gasteiger partial charge in [-0.25, -0.2) is 0 Å². The molecule has 0 radical (unpaired) electrons. The Hall–Kier alpha value is -2.86. The van der Waals surface area contributed by atoms with E-state index in [9.17, 15) is 18.0 Å². The molecule has 0 saturated heterocycles. The van der Waals surface area contributed by atoms with Crippen molar-refractivity contribution in [2.24, 2.45) is 0 Å². The Bertz CT molecular complexity index is 960. The Morgan fingerprint density at radius 3 is 2.25 bits per heavy atom. The Balaban J connectivity index is 1.77. The molecule has 0 aliphatic carbocycles. The number of hydrogen-bond donors (Lipinski definition) is 1. The van der Waals surface area contributed by atoms with Crippen LogP contribution in [0.5, 0.6) is 0 Å². The fraction of sp³-hybridized carbons (Fsp3) is 0.227. The molecule has 146 valence electrons. The summed E-state index contributed by atoms with van der Waals surface area (Å²) >= 11 is 0. The molecule has 3 aromatic rings. The number of carbonyl (C=O) groups excluding carboxylic acids is 1. The molecule has 0 bridgehead atoms. The van der Waals surface area contributed by atoms with Crippen LogP contribution < -0.4 is 5.32 Å². The number of rotatable bonds is 5. The molecule has 0 saturated carbocycles. The van der Waals surface area contributed by atoms with Crippen molar-refractivity contribution >= 4 is 16.7 Å². The van der Waals surface area contributed by atoms with E-state index in [0.29, 0.717) is 6.54 Å². The van der Waals surface area contributed by atoms with Gasteiger partial charge in [-0.15, -0.1) is 0 Å². The largest absolute Gasteiger partial charge is 0.416 e. The number of benzene rings is 3. The van der Waals surface area contributed by atoms with Crippen LogP contribution in [0.4, 0.5) is 13.2 Å². The third kappa shape index (κ3) is 4.34. The molecule has 1 atom stereocenters. The van der Waals surface area contributed by atoms with Gasteiger partial charge in [0.25, 0.3) is 5.91 Å². The summed E-state index contributed by atoms with van der Waals surface area (Å²) in [4.78, 5) is 14.4. The van der Waals surface area contributed by atoms with Gasteiger partial charge in [0.15, 0.2) is 0 Å². The molecule has 28 heavy (non-hydrogen) atoms. The molecule has 1 N–H and O–H groups in total. The summed E-state index contributed by atoms with van der Waals surface area (Å²) < 4.78 is 38.0. The van der Waals surface area contributed by atoms with E-state index in [2.05, 4.69) is 5.32 Å². The van der Waals surface area contributed by atoms with E-state index in [4.69, 9.17) is 0 Å². The van der Waals surface area contributed by atoms with E-state index in [-0.39, 0.29) is 11.6 Å². The fourth-order valence-corrected chi connectivity index (χ4v) is 3.21. The van der Waals surface area contributed by atoms with E-state index in [0.717, 1.165) is 28.5 Å². The molecule has 0 unspecified atom stereocenters. The number of nitrogens with one attached hydrogen (secondary N) is 1. The molecule has 0 fully saturated rings. The molecule has 1 amide bonds. The van der Waals surface area contributed by atoms with Gasteiger partial charge in [-0.1, -0.05) is 42.5 Å². The zero-order chi connectivity index (χ0) is 20.3. The lowest BCUT2D eigenvalue weighted by molar-refractivity contribution is -0.137. The molecule has 0 heterocycles. The third-order valence-corrected chi connectivity index (χ3v) is 4.74. The van der Waals surface area contributed by atoms with Gasteiger partial charge in [0.05, 0.1) is 11.6 Å². The standard InChI is InChI=1S/C22H21F3N2O/c1-27(2)20(19-9-5-7-15-6-3-4-8-18(15)19)14-26-21(28)16-10-12-17(13-11-16)22(23,24)25/h3-13,20H,14H2,1-2H3,(H,26,28)/t20-/m0/s1. The summed E-state index contributed by atoms with van der Waals surface area (Å²) in [7, 11) is 3.85. The van der Waals surface area contributed by atoms with Gasteiger partial charge in [0, 0.05) is 12.1 Å². The maximum atomic E-state index is 12.7. The maximum Gasteiger partial charge on any atom is 0.416 e. The van der Waals surface area contributed by atoms with E-state index >= 15 is 0 Å². The summed E-state index contributed by atoms with van der Waals surface area (Å²) in [6, 6.07) is 18.2. The number of hydrogen-bond acceptors (Lipinski definition) is 2. The van der Waals surface area contributed by atoms with E-state index in [1.54, 1.807) is 0 Å². The van der Waals surface area contributed by atoms with Gasteiger partial charge in [0.2, 0.25) is 0 Å². The first kappa shape index (κ1) is 19.9. The second kappa shape index (κ2) is 8.02. The predicted molar refractivity (Wildman–Crippen MR) is 104 cm³/mol. The topological polar surface area (TPSA) is 32.3 Å². The number of likely N-dealkylation sites (N-methyl/N-ethyl adjacent to an activating group) is 1. The molecule has 0 aliphatic rings. The van der Waals surface area contributed by atoms with Crippen molar-refractivity contribution in [3.63, 3.8) is 0 Å². The minimum absolute atomic E-state index is 0.0792. The molecule has 3 aromatic carbocycles. The quantitative estimate of drug-likeness (QED) is 0.677. The van der Waals surface area contributed by atoms with Crippen LogP contribution in [-0.2, 0) is 6.18 Å². The van der Waals surface area contributed by atoms with Gasteiger partial charge < -0.3 is 10.2 Å². The van der Waals surface area contributed by atoms with Crippen LogP contribution in [0.2, 0.25) is 0 Å². The van der Waals surface area contributed by atoms with Crippen molar-refractivity contribution in [1.29, 1.82) is 0 Å². The van der Waals surface area contributed by atoms with Gasteiger partial charge in [-0.05, 0) is 54.7 Å². The lowest BCUT2D eigenvalue weighted by Gasteiger charge is -2.26. The Morgan fingerprint density at radius 2 is 1.61 bits per heavy atom. The number of nitrogens with zero attached hydrogens (tertiary/aromatic N) is 1. The molecule has 6 heteroatoms. The molecule has 3 rings (SSSR count). The highest BCUT2D eigenvalue weighted by Gasteiger charge is 2.30. The van der Waals surface area contributed by atoms with Crippen molar-refractivity contribution in [3.05, 3.63) is 83.4 Å².